The van der Waals surface area contributed by atoms with Crippen molar-refractivity contribution in [1.29, 1.82) is 0 Å². The van der Waals surface area contributed by atoms with Crippen molar-refractivity contribution in [3.63, 3.8) is 0 Å². The molecule has 1 aliphatic carbocycles. The van der Waals surface area contributed by atoms with Crippen molar-refractivity contribution in [3.8, 4) is 5.75 Å². The van der Waals surface area contributed by atoms with Gasteiger partial charge in [0.05, 0.1) is 11.3 Å². The molecule has 2 aromatic carbocycles. The van der Waals surface area contributed by atoms with Crippen LogP contribution in [-0.2, 0) is 9.53 Å². The third-order valence-electron chi connectivity index (χ3n) is 4.56. The number of anilines is 2. The fourth-order valence-electron chi connectivity index (χ4n) is 3.06. The molecule has 7 heteroatoms. The van der Waals surface area contributed by atoms with Gasteiger partial charge in [-0.3, -0.25) is 4.79 Å². The summed E-state index contributed by atoms with van der Waals surface area (Å²) < 4.78 is 11.1. The van der Waals surface area contributed by atoms with Gasteiger partial charge in [-0.25, -0.2) is 4.79 Å². The van der Waals surface area contributed by atoms with Gasteiger partial charge in [0.25, 0.3) is 5.91 Å². The fraction of sp³-hybridized carbons (Fsp3) is 0.333. The number of hydrogen-bond acceptors (Lipinski definition) is 5. The zero-order chi connectivity index (χ0) is 19.9. The highest BCUT2D eigenvalue weighted by molar-refractivity contribution is 6.30. The van der Waals surface area contributed by atoms with E-state index in [1.807, 2.05) is 0 Å². The van der Waals surface area contributed by atoms with Gasteiger partial charge in [-0.15, -0.1) is 0 Å². The number of hydrogen-bond donors (Lipinski definition) is 2. The smallest absolute Gasteiger partial charge is 0.338 e. The molecule has 6 nitrogen and oxygen atoms in total. The summed E-state index contributed by atoms with van der Waals surface area (Å²) in [7, 11) is 0. The molecule has 0 atom stereocenters. The molecule has 0 heterocycles. The van der Waals surface area contributed by atoms with E-state index in [9.17, 15) is 9.59 Å². The molecule has 148 valence electrons. The molecule has 1 amide bonds. The van der Waals surface area contributed by atoms with E-state index in [0.29, 0.717) is 22.0 Å². The summed E-state index contributed by atoms with van der Waals surface area (Å²) in [5, 5.41) is 3.28. The molecule has 2 aromatic rings. The van der Waals surface area contributed by atoms with E-state index >= 15 is 0 Å². The van der Waals surface area contributed by atoms with Crippen LogP contribution in [0.5, 0.6) is 5.75 Å². The van der Waals surface area contributed by atoms with Crippen molar-refractivity contribution in [1.82, 2.24) is 0 Å². The number of rotatable bonds is 6. The normalized spacial score (nSPS) is 14.3. The number of nitrogens with two attached hydrogens (primary N) is 1. The van der Waals surface area contributed by atoms with Crippen molar-refractivity contribution in [2.75, 3.05) is 17.7 Å². The van der Waals surface area contributed by atoms with Crippen LogP contribution in [0.3, 0.4) is 0 Å². The lowest BCUT2D eigenvalue weighted by molar-refractivity contribution is -0.118. The number of nitrogens with one attached hydrogen (secondary N) is 1. The van der Waals surface area contributed by atoms with Gasteiger partial charge in [0.15, 0.2) is 6.61 Å². The van der Waals surface area contributed by atoms with Crippen LogP contribution in [0.4, 0.5) is 11.4 Å². The standard InChI is InChI=1S/C21H23ClN2O4/c22-15-7-9-16(10-8-15)24-20(25)13-27-19-12-14(6-11-18(19)23)21(26)28-17-4-2-1-3-5-17/h6-12,17H,1-5,13,23H2,(H,24,25). The number of esters is 1. The first-order valence-electron chi connectivity index (χ1n) is 9.30. The van der Waals surface area contributed by atoms with Crippen LogP contribution in [0.2, 0.25) is 5.02 Å². The molecule has 1 saturated carbocycles. The molecule has 0 bridgehead atoms. The maximum atomic E-state index is 12.4. The molecule has 0 unspecified atom stereocenters. The van der Waals surface area contributed by atoms with Gasteiger partial charge in [0, 0.05) is 10.7 Å². The third-order valence-corrected chi connectivity index (χ3v) is 4.81. The van der Waals surface area contributed by atoms with Crippen LogP contribution in [0.15, 0.2) is 42.5 Å². The number of amides is 1. The second kappa shape index (κ2) is 9.46. The second-order valence-corrected chi connectivity index (χ2v) is 7.20. The minimum Gasteiger partial charge on any atom is -0.482 e. The zero-order valence-electron chi connectivity index (χ0n) is 15.4. The topological polar surface area (TPSA) is 90.7 Å². The van der Waals surface area contributed by atoms with Crippen molar-refractivity contribution in [3.05, 3.63) is 53.1 Å². The van der Waals surface area contributed by atoms with Crippen LogP contribution in [0, 0.1) is 0 Å². The van der Waals surface area contributed by atoms with E-state index < -0.39 is 5.97 Å². The molecule has 28 heavy (non-hydrogen) atoms. The fourth-order valence-corrected chi connectivity index (χ4v) is 3.19. The predicted octanol–water partition coefficient (Wildman–Crippen LogP) is 4.43. The molecule has 1 aliphatic rings. The average molecular weight is 403 g/mol. The Morgan fingerprint density at radius 2 is 1.79 bits per heavy atom. The Balaban J connectivity index is 1.57. The summed E-state index contributed by atoms with van der Waals surface area (Å²) in [6, 6.07) is 11.4. The predicted molar refractivity (Wildman–Crippen MR) is 109 cm³/mol. The largest absolute Gasteiger partial charge is 0.482 e. The number of ether oxygens (including phenoxy) is 2. The summed E-state index contributed by atoms with van der Waals surface area (Å²) in [6.07, 6.45) is 5.11. The Morgan fingerprint density at radius 1 is 1.07 bits per heavy atom. The Kier molecular flexibility index (Phi) is 6.76. The van der Waals surface area contributed by atoms with Crippen molar-refractivity contribution in [2.45, 2.75) is 38.2 Å². The van der Waals surface area contributed by atoms with Crippen molar-refractivity contribution < 1.29 is 19.1 Å². The van der Waals surface area contributed by atoms with Crippen molar-refractivity contribution >= 4 is 34.9 Å². The van der Waals surface area contributed by atoms with Crippen molar-refractivity contribution in [2.24, 2.45) is 0 Å². The monoisotopic (exact) mass is 402 g/mol. The van der Waals surface area contributed by atoms with E-state index in [4.69, 9.17) is 26.8 Å². The highest BCUT2D eigenvalue weighted by Gasteiger charge is 2.19. The first-order valence-corrected chi connectivity index (χ1v) is 9.68. The van der Waals surface area contributed by atoms with Crippen LogP contribution < -0.4 is 15.8 Å². The maximum absolute atomic E-state index is 12.4. The molecular formula is C21H23ClN2O4. The molecule has 3 rings (SSSR count). The minimum atomic E-state index is -0.401. The quantitative estimate of drug-likeness (QED) is 0.551. The van der Waals surface area contributed by atoms with Crippen LogP contribution in [-0.4, -0.2) is 24.6 Å². The van der Waals surface area contributed by atoms with Gasteiger partial charge in [-0.1, -0.05) is 18.0 Å². The summed E-state index contributed by atoms with van der Waals surface area (Å²) in [4.78, 5) is 24.4. The van der Waals surface area contributed by atoms with Gasteiger partial charge in [-0.05, 0) is 68.1 Å². The summed E-state index contributed by atoms with van der Waals surface area (Å²) in [5.41, 5.74) is 7.21. The van der Waals surface area contributed by atoms with E-state index in [1.54, 1.807) is 36.4 Å². The maximum Gasteiger partial charge on any atom is 0.338 e. The third kappa shape index (κ3) is 5.63. The number of benzene rings is 2. The van der Waals surface area contributed by atoms with E-state index in [1.165, 1.54) is 12.5 Å². The summed E-state index contributed by atoms with van der Waals surface area (Å²) >= 11 is 5.82. The van der Waals surface area contributed by atoms with Gasteiger partial charge < -0.3 is 20.5 Å². The number of nitrogen functional groups attached to an aromatic ring is 1. The Morgan fingerprint density at radius 3 is 2.50 bits per heavy atom. The molecule has 0 aliphatic heterocycles. The molecular weight excluding hydrogens is 380 g/mol. The highest BCUT2D eigenvalue weighted by atomic mass is 35.5. The Hall–Kier alpha value is -2.73. The zero-order valence-corrected chi connectivity index (χ0v) is 16.2. The van der Waals surface area contributed by atoms with E-state index in [0.717, 1.165) is 25.7 Å². The first kappa shape index (κ1) is 20.0. The summed E-state index contributed by atoms with van der Waals surface area (Å²) in [5.74, 6) is -0.483. The average Bonchev–Trinajstić information content (AvgIpc) is 2.70. The molecule has 0 saturated heterocycles. The molecule has 3 N–H and O–H groups in total. The van der Waals surface area contributed by atoms with Gasteiger partial charge in [0.1, 0.15) is 11.9 Å². The van der Waals surface area contributed by atoms with Gasteiger partial charge in [-0.2, -0.15) is 0 Å². The number of carbonyl (C=O) groups is 2. The Labute approximate surface area is 169 Å². The highest BCUT2D eigenvalue weighted by Crippen LogP contribution is 2.25. The van der Waals surface area contributed by atoms with Crippen LogP contribution in [0.1, 0.15) is 42.5 Å². The lowest BCUT2D eigenvalue weighted by atomic mass is 9.98. The first-order chi connectivity index (χ1) is 13.5. The minimum absolute atomic E-state index is 0.0340. The van der Waals surface area contributed by atoms with Gasteiger partial charge >= 0.3 is 5.97 Å². The molecule has 0 aromatic heterocycles. The van der Waals surface area contributed by atoms with Gasteiger partial charge in [0.2, 0.25) is 0 Å². The number of carbonyl (C=O) groups excluding carboxylic acids is 2. The van der Waals surface area contributed by atoms with Crippen LogP contribution >= 0.6 is 11.6 Å². The Bertz CT molecular complexity index is 833. The lowest BCUT2D eigenvalue weighted by Gasteiger charge is -2.22. The molecule has 0 radical (unpaired) electrons. The molecule has 0 spiro atoms. The van der Waals surface area contributed by atoms with Crippen LogP contribution in [0.25, 0.3) is 0 Å². The number of halogens is 1. The van der Waals surface area contributed by atoms with E-state index in [-0.39, 0.29) is 24.4 Å². The summed E-state index contributed by atoms with van der Waals surface area (Å²) in [6.45, 7) is -0.242. The SMILES string of the molecule is Nc1ccc(C(=O)OC2CCCCC2)cc1OCC(=O)Nc1ccc(Cl)cc1. The second-order valence-electron chi connectivity index (χ2n) is 6.76. The lowest BCUT2D eigenvalue weighted by Crippen LogP contribution is -2.22. The molecule has 1 fully saturated rings. The van der Waals surface area contributed by atoms with E-state index in [2.05, 4.69) is 5.32 Å².